The zero-order valence-corrected chi connectivity index (χ0v) is 12.5. The molecule has 0 fully saturated rings. The van der Waals surface area contributed by atoms with Crippen LogP contribution in [0.15, 0.2) is 4.99 Å². The van der Waals surface area contributed by atoms with Crippen LogP contribution in [0.5, 0.6) is 0 Å². The fraction of sp³-hybridized carbons (Fsp3) is 0.929. The molecule has 1 aliphatic rings. The Bertz CT molecular complexity index is 228. The van der Waals surface area contributed by atoms with Gasteiger partial charge in [0, 0.05) is 11.8 Å². The van der Waals surface area contributed by atoms with Crippen LogP contribution in [-0.4, -0.2) is 23.0 Å². The van der Waals surface area contributed by atoms with Gasteiger partial charge in [0.1, 0.15) is 0 Å². The minimum Gasteiger partial charge on any atom is -0.362 e. The number of rotatable bonds is 7. The Morgan fingerprint density at radius 2 is 2.18 bits per heavy atom. The van der Waals surface area contributed by atoms with E-state index >= 15 is 0 Å². The van der Waals surface area contributed by atoms with Crippen molar-refractivity contribution in [3.8, 4) is 0 Å². The van der Waals surface area contributed by atoms with E-state index in [1.165, 1.54) is 55.9 Å². The van der Waals surface area contributed by atoms with Gasteiger partial charge < -0.3 is 5.32 Å². The Labute approximate surface area is 111 Å². The first kappa shape index (κ1) is 14.9. The van der Waals surface area contributed by atoms with Crippen LogP contribution in [0, 0.1) is 0 Å². The predicted molar refractivity (Wildman–Crippen MR) is 79.9 cm³/mol. The van der Waals surface area contributed by atoms with Gasteiger partial charge in [0.05, 0.1) is 6.04 Å². The average Bonchev–Trinajstić information content (AvgIpc) is 2.35. The summed E-state index contributed by atoms with van der Waals surface area (Å²) in [4.78, 5) is 4.75. The number of nitrogens with zero attached hydrogens (tertiary/aromatic N) is 1. The highest BCUT2D eigenvalue weighted by molar-refractivity contribution is 8.13. The molecule has 100 valence electrons. The molecule has 0 aromatic rings. The van der Waals surface area contributed by atoms with Crippen molar-refractivity contribution in [3.05, 3.63) is 0 Å². The molecule has 1 heterocycles. The molecule has 2 atom stereocenters. The highest BCUT2D eigenvalue weighted by Crippen LogP contribution is 2.19. The molecule has 0 spiro atoms. The van der Waals surface area contributed by atoms with Crippen LogP contribution in [0.2, 0.25) is 0 Å². The van der Waals surface area contributed by atoms with Crippen molar-refractivity contribution < 1.29 is 0 Å². The van der Waals surface area contributed by atoms with Crippen molar-refractivity contribution in [1.29, 1.82) is 0 Å². The molecule has 0 saturated carbocycles. The average molecular weight is 256 g/mol. The van der Waals surface area contributed by atoms with Crippen LogP contribution in [0.1, 0.15) is 65.7 Å². The van der Waals surface area contributed by atoms with Crippen molar-refractivity contribution in [2.45, 2.75) is 77.8 Å². The summed E-state index contributed by atoms with van der Waals surface area (Å²) in [5.41, 5.74) is 0. The van der Waals surface area contributed by atoms with Gasteiger partial charge in [-0.1, -0.05) is 51.3 Å². The van der Waals surface area contributed by atoms with E-state index < -0.39 is 0 Å². The van der Waals surface area contributed by atoms with E-state index in [1.54, 1.807) is 0 Å². The summed E-state index contributed by atoms with van der Waals surface area (Å²) in [6.45, 7) is 6.78. The Morgan fingerprint density at radius 1 is 1.35 bits per heavy atom. The topological polar surface area (TPSA) is 24.4 Å². The highest BCUT2D eigenvalue weighted by atomic mass is 32.2. The van der Waals surface area contributed by atoms with Crippen molar-refractivity contribution in [3.63, 3.8) is 0 Å². The summed E-state index contributed by atoms with van der Waals surface area (Å²) in [5, 5.41) is 4.76. The summed E-state index contributed by atoms with van der Waals surface area (Å²) in [7, 11) is 0. The lowest BCUT2D eigenvalue weighted by Crippen LogP contribution is -2.33. The molecule has 2 unspecified atom stereocenters. The first-order valence-electron chi connectivity index (χ1n) is 7.23. The smallest absolute Gasteiger partial charge is 0.157 e. The summed E-state index contributed by atoms with van der Waals surface area (Å²) in [6, 6.07) is 1.14. The van der Waals surface area contributed by atoms with E-state index in [0.717, 1.165) is 0 Å². The molecule has 0 saturated heterocycles. The largest absolute Gasteiger partial charge is 0.362 e. The van der Waals surface area contributed by atoms with Crippen molar-refractivity contribution in [2.24, 2.45) is 4.99 Å². The molecule has 0 aliphatic carbocycles. The first-order valence-corrected chi connectivity index (χ1v) is 8.22. The van der Waals surface area contributed by atoms with E-state index in [-0.39, 0.29) is 0 Å². The number of amidine groups is 1. The maximum absolute atomic E-state index is 4.75. The van der Waals surface area contributed by atoms with Gasteiger partial charge >= 0.3 is 0 Å². The molecule has 0 aromatic heterocycles. The maximum Gasteiger partial charge on any atom is 0.157 e. The Balaban J connectivity index is 2.20. The second-order valence-electron chi connectivity index (χ2n) is 5.03. The monoisotopic (exact) mass is 256 g/mol. The van der Waals surface area contributed by atoms with E-state index in [1.807, 2.05) is 11.8 Å². The number of unbranched alkanes of at least 4 members (excludes halogenated alkanes) is 3. The second kappa shape index (κ2) is 8.84. The van der Waals surface area contributed by atoms with Gasteiger partial charge in [-0.2, -0.15) is 0 Å². The quantitative estimate of drug-likeness (QED) is 0.690. The number of nitrogens with one attached hydrogen (secondary N) is 1. The molecule has 2 nitrogen and oxygen atoms in total. The van der Waals surface area contributed by atoms with E-state index in [0.29, 0.717) is 12.1 Å². The SMILES string of the molecule is CCCCCCC(C)NC1=NC(CC)CCS1. The lowest BCUT2D eigenvalue weighted by Gasteiger charge is -2.22. The summed E-state index contributed by atoms with van der Waals surface area (Å²) < 4.78 is 0. The Hall–Kier alpha value is -0.180. The summed E-state index contributed by atoms with van der Waals surface area (Å²) in [6.07, 6.45) is 9.12. The molecule has 0 aromatic carbocycles. The van der Waals surface area contributed by atoms with E-state index in [4.69, 9.17) is 4.99 Å². The van der Waals surface area contributed by atoms with Crippen LogP contribution < -0.4 is 5.32 Å². The molecule has 1 N–H and O–H groups in total. The molecule has 17 heavy (non-hydrogen) atoms. The van der Waals surface area contributed by atoms with E-state index in [9.17, 15) is 0 Å². The Morgan fingerprint density at radius 3 is 2.88 bits per heavy atom. The van der Waals surface area contributed by atoms with Crippen molar-refractivity contribution in [2.75, 3.05) is 5.75 Å². The van der Waals surface area contributed by atoms with Crippen LogP contribution in [0.3, 0.4) is 0 Å². The number of hydrogen-bond donors (Lipinski definition) is 1. The van der Waals surface area contributed by atoms with Gasteiger partial charge in [-0.3, -0.25) is 4.99 Å². The third-order valence-corrected chi connectivity index (χ3v) is 4.26. The second-order valence-corrected chi connectivity index (χ2v) is 6.11. The minimum absolute atomic E-state index is 0.561. The number of hydrogen-bond acceptors (Lipinski definition) is 3. The first-order chi connectivity index (χ1) is 8.26. The van der Waals surface area contributed by atoms with Gasteiger partial charge in [0.15, 0.2) is 5.17 Å². The van der Waals surface area contributed by atoms with Crippen LogP contribution in [0.25, 0.3) is 0 Å². The van der Waals surface area contributed by atoms with Gasteiger partial charge in [-0.05, 0) is 26.2 Å². The molecule has 3 heteroatoms. The standard InChI is InChI=1S/C14H28N2S/c1-4-6-7-8-9-12(3)15-14-16-13(5-2)10-11-17-14/h12-13H,4-11H2,1-3H3,(H,15,16). The summed E-state index contributed by atoms with van der Waals surface area (Å²) >= 11 is 1.89. The normalized spacial score (nSPS) is 22.1. The van der Waals surface area contributed by atoms with Gasteiger partial charge in [0.25, 0.3) is 0 Å². The molecule has 0 amide bonds. The lowest BCUT2D eigenvalue weighted by molar-refractivity contribution is 0.541. The predicted octanol–water partition coefficient (Wildman–Crippen LogP) is 4.21. The van der Waals surface area contributed by atoms with Gasteiger partial charge in [-0.15, -0.1) is 0 Å². The highest BCUT2D eigenvalue weighted by Gasteiger charge is 2.15. The lowest BCUT2D eigenvalue weighted by atomic mass is 10.1. The minimum atomic E-state index is 0.561. The van der Waals surface area contributed by atoms with Gasteiger partial charge in [0.2, 0.25) is 0 Å². The fourth-order valence-electron chi connectivity index (χ4n) is 2.09. The molecule has 1 rings (SSSR count). The molecule has 1 aliphatic heterocycles. The third-order valence-electron chi connectivity index (χ3n) is 3.32. The summed E-state index contributed by atoms with van der Waals surface area (Å²) in [5.74, 6) is 1.23. The van der Waals surface area contributed by atoms with Crippen LogP contribution in [0.4, 0.5) is 0 Å². The van der Waals surface area contributed by atoms with Crippen molar-refractivity contribution >= 4 is 16.9 Å². The van der Waals surface area contributed by atoms with Crippen molar-refractivity contribution in [1.82, 2.24) is 5.32 Å². The fourth-order valence-corrected chi connectivity index (χ4v) is 3.19. The molecule has 0 bridgehead atoms. The number of thioether (sulfide) groups is 1. The molecule has 0 radical (unpaired) electrons. The zero-order chi connectivity index (χ0) is 12.5. The van der Waals surface area contributed by atoms with E-state index in [2.05, 4.69) is 26.1 Å². The molecular formula is C14H28N2S. The van der Waals surface area contributed by atoms with Gasteiger partial charge in [-0.25, -0.2) is 0 Å². The van der Waals surface area contributed by atoms with Crippen LogP contribution in [-0.2, 0) is 0 Å². The maximum atomic E-state index is 4.75. The number of aliphatic imine (C=N–C) groups is 1. The molecular weight excluding hydrogens is 228 g/mol. The van der Waals surface area contributed by atoms with Crippen LogP contribution >= 0.6 is 11.8 Å². The Kier molecular flexibility index (Phi) is 7.74. The zero-order valence-electron chi connectivity index (χ0n) is 11.7. The third kappa shape index (κ3) is 6.35.